The molecule has 154 valence electrons. The lowest BCUT2D eigenvalue weighted by Gasteiger charge is -2.15. The minimum atomic E-state index is 1.03. The molecule has 0 unspecified atom stereocenters. The van der Waals surface area contributed by atoms with Gasteiger partial charge in [-0.1, -0.05) is 107 Å². The van der Waals surface area contributed by atoms with Crippen molar-refractivity contribution in [3.05, 3.63) is 114 Å². The fraction of sp³-hybridized carbons (Fsp3) is 0. The Hall–Kier alpha value is -3.75. The maximum absolute atomic E-state index is 5.37. The van der Waals surface area contributed by atoms with E-state index < -0.39 is 0 Å². The number of pyridine rings is 1. The van der Waals surface area contributed by atoms with Gasteiger partial charge in [0.25, 0.3) is 0 Å². The molecule has 0 aliphatic carbocycles. The Morgan fingerprint density at radius 3 is 1.79 bits per heavy atom. The minimum absolute atomic E-state index is 1.03. The van der Waals surface area contributed by atoms with Crippen LogP contribution in [-0.2, 0) is 0 Å². The molecule has 0 saturated heterocycles. The van der Waals surface area contributed by atoms with Gasteiger partial charge in [0.2, 0.25) is 0 Å². The first kappa shape index (κ1) is 18.8. The molecule has 2 heteroatoms. The van der Waals surface area contributed by atoms with Crippen LogP contribution in [0.4, 0.5) is 0 Å². The van der Waals surface area contributed by atoms with Crippen molar-refractivity contribution in [1.29, 1.82) is 0 Å². The van der Waals surface area contributed by atoms with Crippen LogP contribution < -0.4 is 0 Å². The molecule has 0 saturated carbocycles. The van der Waals surface area contributed by atoms with Crippen LogP contribution in [0, 0.1) is 0 Å². The van der Waals surface area contributed by atoms with Crippen molar-refractivity contribution >= 4 is 69.9 Å². The van der Waals surface area contributed by atoms with Gasteiger partial charge in [-0.05, 0) is 50.5 Å². The van der Waals surface area contributed by atoms with E-state index in [1.807, 2.05) is 0 Å². The van der Waals surface area contributed by atoms with Crippen LogP contribution in [0.15, 0.2) is 114 Å². The first-order chi connectivity index (χ1) is 16.3. The zero-order valence-electron chi connectivity index (χ0n) is 17.7. The molecule has 6 aromatic carbocycles. The highest BCUT2D eigenvalue weighted by atomic mass is 79.9. The van der Waals surface area contributed by atoms with Crippen LogP contribution in [0.5, 0.6) is 0 Å². The first-order valence-corrected chi connectivity index (χ1v) is 11.9. The van der Waals surface area contributed by atoms with Gasteiger partial charge in [-0.2, -0.15) is 0 Å². The summed E-state index contributed by atoms with van der Waals surface area (Å²) >= 11 is 3.59. The average Bonchev–Trinajstić information content (AvgIpc) is 2.88. The zero-order chi connectivity index (χ0) is 21.9. The molecule has 1 aromatic heterocycles. The van der Waals surface area contributed by atoms with Crippen molar-refractivity contribution in [3.8, 4) is 11.3 Å². The van der Waals surface area contributed by atoms with Gasteiger partial charge in [0.1, 0.15) is 0 Å². The number of halogens is 1. The predicted octanol–water partition coefficient (Wildman–Crippen LogP) is 9.28. The molecular weight excluding hydrogens is 466 g/mol. The maximum atomic E-state index is 5.37. The van der Waals surface area contributed by atoms with Crippen LogP contribution in [0.3, 0.4) is 0 Å². The smallest absolute Gasteiger partial charge is 0.0800 e. The number of fused-ring (bicyclic) bond motifs is 9. The van der Waals surface area contributed by atoms with E-state index in [4.69, 9.17) is 4.98 Å². The molecule has 7 rings (SSSR count). The number of rotatable bonds is 1. The predicted molar refractivity (Wildman–Crippen MR) is 145 cm³/mol. The summed E-state index contributed by atoms with van der Waals surface area (Å²) in [5, 5.41) is 11.1. The number of hydrogen-bond donors (Lipinski definition) is 0. The van der Waals surface area contributed by atoms with Crippen LogP contribution >= 0.6 is 15.9 Å². The van der Waals surface area contributed by atoms with Crippen LogP contribution in [0.25, 0.3) is 65.3 Å². The molecule has 0 N–H and O–H groups in total. The summed E-state index contributed by atoms with van der Waals surface area (Å²) in [6.07, 6.45) is 0. The highest BCUT2D eigenvalue weighted by Crippen LogP contribution is 2.41. The Morgan fingerprint density at radius 2 is 1.03 bits per heavy atom. The highest BCUT2D eigenvalue weighted by molar-refractivity contribution is 9.10. The van der Waals surface area contributed by atoms with Crippen LogP contribution in [-0.4, -0.2) is 4.98 Å². The summed E-state index contributed by atoms with van der Waals surface area (Å²) in [5.74, 6) is 0. The van der Waals surface area contributed by atoms with Crippen molar-refractivity contribution in [2.75, 3.05) is 0 Å². The molecular formula is C31H18BrN. The quantitative estimate of drug-likeness (QED) is 0.212. The van der Waals surface area contributed by atoms with E-state index in [-0.39, 0.29) is 0 Å². The lowest BCUT2D eigenvalue weighted by atomic mass is 9.92. The molecule has 0 aliphatic rings. The summed E-state index contributed by atoms with van der Waals surface area (Å²) in [6, 6.07) is 39.1. The van der Waals surface area contributed by atoms with E-state index in [2.05, 4.69) is 125 Å². The van der Waals surface area contributed by atoms with E-state index in [1.54, 1.807) is 0 Å². The molecule has 0 radical (unpaired) electrons. The number of aromatic nitrogens is 1. The molecule has 0 atom stereocenters. The van der Waals surface area contributed by atoms with Crippen molar-refractivity contribution < 1.29 is 0 Å². The minimum Gasteiger partial charge on any atom is -0.246 e. The summed E-state index contributed by atoms with van der Waals surface area (Å²) in [4.78, 5) is 5.37. The largest absolute Gasteiger partial charge is 0.246 e. The Kier molecular flexibility index (Phi) is 4.06. The first-order valence-electron chi connectivity index (χ1n) is 11.1. The second-order valence-electron chi connectivity index (χ2n) is 8.53. The molecule has 33 heavy (non-hydrogen) atoms. The van der Waals surface area contributed by atoms with Gasteiger partial charge >= 0.3 is 0 Å². The Morgan fingerprint density at radius 1 is 0.485 bits per heavy atom. The van der Waals surface area contributed by atoms with E-state index >= 15 is 0 Å². The third-order valence-corrected chi connectivity index (χ3v) is 7.15. The molecule has 0 aliphatic heterocycles. The van der Waals surface area contributed by atoms with Crippen molar-refractivity contribution in [1.82, 2.24) is 4.98 Å². The topological polar surface area (TPSA) is 12.9 Å². The van der Waals surface area contributed by atoms with Crippen molar-refractivity contribution in [2.24, 2.45) is 0 Å². The van der Waals surface area contributed by atoms with Crippen LogP contribution in [0.1, 0.15) is 0 Å². The Labute approximate surface area is 199 Å². The number of benzene rings is 6. The standard InChI is InChI=1S/C31H18BrN/c32-22-16-15-19-17-21(14-13-20(19)18-22)30-28-12-6-4-10-26(28)29-25-9-3-1-7-23(25)24-8-2-5-11-27(24)31(29)33-30/h1-18H. The van der Waals surface area contributed by atoms with Gasteiger partial charge in [-0.15, -0.1) is 0 Å². The van der Waals surface area contributed by atoms with E-state index in [0.717, 1.165) is 21.2 Å². The molecule has 1 heterocycles. The molecule has 0 fully saturated rings. The Bertz CT molecular complexity index is 1880. The second kappa shape index (κ2) is 7.13. The zero-order valence-corrected chi connectivity index (χ0v) is 19.3. The van der Waals surface area contributed by atoms with Gasteiger partial charge in [-0.3, -0.25) is 0 Å². The second-order valence-corrected chi connectivity index (χ2v) is 9.44. The monoisotopic (exact) mass is 483 g/mol. The molecule has 1 nitrogen and oxygen atoms in total. The summed E-state index contributed by atoms with van der Waals surface area (Å²) in [7, 11) is 0. The highest BCUT2D eigenvalue weighted by Gasteiger charge is 2.16. The number of nitrogens with zero attached hydrogens (tertiary/aromatic N) is 1. The fourth-order valence-electron chi connectivity index (χ4n) is 5.18. The molecule has 7 aromatic rings. The maximum Gasteiger partial charge on any atom is 0.0800 e. The van der Waals surface area contributed by atoms with Gasteiger partial charge in [0, 0.05) is 26.2 Å². The van der Waals surface area contributed by atoms with E-state index in [9.17, 15) is 0 Å². The normalized spacial score (nSPS) is 11.8. The van der Waals surface area contributed by atoms with Crippen molar-refractivity contribution in [2.45, 2.75) is 0 Å². The third kappa shape index (κ3) is 2.81. The molecule has 0 amide bonds. The third-order valence-electron chi connectivity index (χ3n) is 6.66. The fourth-order valence-corrected chi connectivity index (χ4v) is 5.55. The summed E-state index contributed by atoms with van der Waals surface area (Å²) in [5.41, 5.74) is 3.23. The van der Waals surface area contributed by atoms with Gasteiger partial charge in [0.05, 0.1) is 11.2 Å². The summed E-state index contributed by atoms with van der Waals surface area (Å²) in [6.45, 7) is 0. The van der Waals surface area contributed by atoms with Gasteiger partial charge < -0.3 is 0 Å². The number of hydrogen-bond acceptors (Lipinski definition) is 1. The SMILES string of the molecule is Brc1ccc2cc(-c3nc4c5ccccc5c5ccccc5c4c4ccccc34)ccc2c1. The molecule has 0 spiro atoms. The summed E-state index contributed by atoms with van der Waals surface area (Å²) < 4.78 is 1.09. The van der Waals surface area contributed by atoms with E-state index in [0.29, 0.717) is 0 Å². The van der Waals surface area contributed by atoms with Crippen LogP contribution in [0.2, 0.25) is 0 Å². The lowest BCUT2D eigenvalue weighted by Crippen LogP contribution is -1.92. The molecule has 0 bridgehead atoms. The van der Waals surface area contributed by atoms with Crippen molar-refractivity contribution in [3.63, 3.8) is 0 Å². The van der Waals surface area contributed by atoms with Gasteiger partial charge in [0.15, 0.2) is 0 Å². The Balaban J connectivity index is 1.68. The van der Waals surface area contributed by atoms with Gasteiger partial charge in [-0.25, -0.2) is 4.98 Å². The average molecular weight is 484 g/mol. The van der Waals surface area contributed by atoms with E-state index in [1.165, 1.54) is 48.5 Å². The lowest BCUT2D eigenvalue weighted by molar-refractivity contribution is 1.45.